The average molecular weight is 260 g/mol. The second-order valence-electron chi connectivity index (χ2n) is 6.56. The van der Waals surface area contributed by atoms with E-state index in [2.05, 4.69) is 43.5 Å². The highest BCUT2D eigenvalue weighted by atomic mass is 16.2. The van der Waals surface area contributed by atoms with E-state index in [-0.39, 0.29) is 23.5 Å². The van der Waals surface area contributed by atoms with E-state index in [1.165, 1.54) is 5.56 Å². The van der Waals surface area contributed by atoms with Crippen LogP contribution in [0.25, 0.3) is 0 Å². The third-order valence-corrected chi connectivity index (χ3v) is 3.98. The fourth-order valence-corrected chi connectivity index (χ4v) is 2.05. The van der Waals surface area contributed by atoms with Gasteiger partial charge in [0.15, 0.2) is 0 Å². The first-order valence-corrected chi connectivity index (χ1v) is 7.00. The van der Waals surface area contributed by atoms with Gasteiger partial charge in [-0.3, -0.25) is 0 Å². The van der Waals surface area contributed by atoms with Crippen LogP contribution in [0.1, 0.15) is 45.6 Å². The predicted octanol–water partition coefficient (Wildman–Crippen LogP) is 3.28. The molecule has 3 unspecified atom stereocenters. The molecule has 0 bridgehead atoms. The standard InChI is InChI=1S/C16H24N2O/c1-11(16(2,3)4)17-15(19)18-14-10-13(14)12-8-6-5-7-9-12/h5-9,11,13-14H,10H2,1-4H3,(H2,17,18,19). The van der Waals surface area contributed by atoms with Gasteiger partial charge in [0, 0.05) is 18.0 Å². The van der Waals surface area contributed by atoms with E-state index in [1.807, 2.05) is 25.1 Å². The van der Waals surface area contributed by atoms with Crippen LogP contribution in [-0.4, -0.2) is 18.1 Å². The summed E-state index contributed by atoms with van der Waals surface area (Å²) in [7, 11) is 0. The van der Waals surface area contributed by atoms with Crippen molar-refractivity contribution >= 4 is 6.03 Å². The van der Waals surface area contributed by atoms with Crippen LogP contribution in [0.15, 0.2) is 30.3 Å². The zero-order valence-electron chi connectivity index (χ0n) is 12.2. The molecule has 1 aromatic carbocycles. The zero-order valence-corrected chi connectivity index (χ0v) is 12.2. The van der Waals surface area contributed by atoms with E-state index in [9.17, 15) is 4.79 Å². The summed E-state index contributed by atoms with van der Waals surface area (Å²) in [5, 5.41) is 6.07. The molecule has 2 amide bonds. The molecule has 0 aromatic heterocycles. The summed E-state index contributed by atoms with van der Waals surface area (Å²) < 4.78 is 0. The quantitative estimate of drug-likeness (QED) is 0.860. The Kier molecular flexibility index (Phi) is 3.83. The summed E-state index contributed by atoms with van der Waals surface area (Å²) in [5.41, 5.74) is 1.40. The van der Waals surface area contributed by atoms with Crippen LogP contribution in [0.2, 0.25) is 0 Å². The second kappa shape index (κ2) is 5.24. The van der Waals surface area contributed by atoms with Crippen molar-refractivity contribution in [2.75, 3.05) is 0 Å². The number of hydrogen-bond acceptors (Lipinski definition) is 1. The van der Waals surface area contributed by atoms with Crippen LogP contribution in [0.3, 0.4) is 0 Å². The second-order valence-corrected chi connectivity index (χ2v) is 6.56. The molecule has 3 heteroatoms. The Labute approximate surface area is 115 Å². The monoisotopic (exact) mass is 260 g/mol. The lowest BCUT2D eigenvalue weighted by molar-refractivity contribution is 0.222. The first-order valence-electron chi connectivity index (χ1n) is 7.00. The number of carbonyl (C=O) groups is 1. The molecule has 3 atom stereocenters. The van der Waals surface area contributed by atoms with Gasteiger partial charge in [0.05, 0.1) is 0 Å². The summed E-state index contributed by atoms with van der Waals surface area (Å²) in [5.74, 6) is 0.483. The molecule has 0 heterocycles. The fraction of sp³-hybridized carbons (Fsp3) is 0.562. The molecule has 0 spiro atoms. The van der Waals surface area contributed by atoms with E-state index in [4.69, 9.17) is 0 Å². The summed E-state index contributed by atoms with van der Waals surface area (Å²) in [4.78, 5) is 11.9. The highest BCUT2D eigenvalue weighted by molar-refractivity contribution is 5.75. The number of rotatable bonds is 3. The molecule has 19 heavy (non-hydrogen) atoms. The molecular formula is C16H24N2O. The number of hydrogen-bond donors (Lipinski definition) is 2. The van der Waals surface area contributed by atoms with Crippen LogP contribution in [0.5, 0.6) is 0 Å². The number of benzene rings is 1. The minimum Gasteiger partial charge on any atom is -0.335 e. The van der Waals surface area contributed by atoms with Gasteiger partial charge in [0.25, 0.3) is 0 Å². The molecule has 2 rings (SSSR count). The lowest BCUT2D eigenvalue weighted by atomic mass is 9.88. The molecule has 1 saturated carbocycles. The smallest absolute Gasteiger partial charge is 0.315 e. The van der Waals surface area contributed by atoms with Crippen molar-refractivity contribution in [3.63, 3.8) is 0 Å². The highest BCUT2D eigenvalue weighted by Crippen LogP contribution is 2.40. The van der Waals surface area contributed by atoms with Crippen molar-refractivity contribution in [2.45, 2.75) is 52.1 Å². The van der Waals surface area contributed by atoms with E-state index >= 15 is 0 Å². The van der Waals surface area contributed by atoms with Crippen molar-refractivity contribution < 1.29 is 4.79 Å². The highest BCUT2D eigenvalue weighted by Gasteiger charge is 2.39. The van der Waals surface area contributed by atoms with E-state index in [0.717, 1.165) is 6.42 Å². The van der Waals surface area contributed by atoms with Gasteiger partial charge in [-0.15, -0.1) is 0 Å². The topological polar surface area (TPSA) is 41.1 Å². The molecule has 104 valence electrons. The average Bonchev–Trinajstić information content (AvgIpc) is 3.08. The molecule has 1 aliphatic rings. The van der Waals surface area contributed by atoms with Gasteiger partial charge in [-0.2, -0.15) is 0 Å². The van der Waals surface area contributed by atoms with Crippen molar-refractivity contribution in [3.8, 4) is 0 Å². The Balaban J connectivity index is 1.80. The summed E-state index contributed by atoms with van der Waals surface area (Å²) in [6.45, 7) is 8.42. The maximum Gasteiger partial charge on any atom is 0.315 e. The molecule has 2 N–H and O–H groups in total. The van der Waals surface area contributed by atoms with Gasteiger partial charge in [-0.1, -0.05) is 51.1 Å². The minimum absolute atomic E-state index is 0.0501. The first kappa shape index (κ1) is 13.9. The van der Waals surface area contributed by atoms with Crippen LogP contribution < -0.4 is 10.6 Å². The van der Waals surface area contributed by atoms with Gasteiger partial charge < -0.3 is 10.6 Å². The van der Waals surface area contributed by atoms with Crippen molar-refractivity contribution in [1.82, 2.24) is 10.6 Å². The van der Waals surface area contributed by atoms with Crippen molar-refractivity contribution in [2.24, 2.45) is 5.41 Å². The van der Waals surface area contributed by atoms with Gasteiger partial charge >= 0.3 is 6.03 Å². The van der Waals surface area contributed by atoms with Gasteiger partial charge in [-0.05, 0) is 24.3 Å². The van der Waals surface area contributed by atoms with Crippen molar-refractivity contribution in [1.29, 1.82) is 0 Å². The van der Waals surface area contributed by atoms with Crippen molar-refractivity contribution in [3.05, 3.63) is 35.9 Å². The molecule has 1 aliphatic carbocycles. The molecule has 0 saturated heterocycles. The molecule has 1 aromatic rings. The van der Waals surface area contributed by atoms with Gasteiger partial charge in [0.1, 0.15) is 0 Å². The molecule has 0 aliphatic heterocycles. The Bertz CT molecular complexity index is 436. The van der Waals surface area contributed by atoms with Crippen LogP contribution >= 0.6 is 0 Å². The van der Waals surface area contributed by atoms with E-state index < -0.39 is 0 Å². The van der Waals surface area contributed by atoms with Gasteiger partial charge in [-0.25, -0.2) is 4.79 Å². The Morgan fingerprint density at radius 1 is 1.26 bits per heavy atom. The molecular weight excluding hydrogens is 236 g/mol. The fourth-order valence-electron chi connectivity index (χ4n) is 2.05. The molecule has 1 fully saturated rings. The number of urea groups is 1. The van der Waals surface area contributed by atoms with Crippen LogP contribution in [0.4, 0.5) is 4.79 Å². The third kappa shape index (κ3) is 3.72. The van der Waals surface area contributed by atoms with Crippen LogP contribution in [-0.2, 0) is 0 Å². The number of carbonyl (C=O) groups excluding carboxylic acids is 1. The van der Waals surface area contributed by atoms with Crippen LogP contribution in [0, 0.1) is 5.41 Å². The predicted molar refractivity (Wildman–Crippen MR) is 78.2 cm³/mol. The normalized spacial score (nSPS) is 23.6. The maximum absolute atomic E-state index is 11.9. The summed E-state index contributed by atoms with van der Waals surface area (Å²) >= 11 is 0. The largest absolute Gasteiger partial charge is 0.335 e. The molecule has 3 nitrogen and oxygen atoms in total. The molecule has 0 radical (unpaired) electrons. The third-order valence-electron chi connectivity index (χ3n) is 3.98. The number of amides is 2. The Morgan fingerprint density at radius 3 is 2.47 bits per heavy atom. The maximum atomic E-state index is 11.9. The zero-order chi connectivity index (χ0) is 14.0. The minimum atomic E-state index is -0.0501. The number of nitrogens with one attached hydrogen (secondary N) is 2. The van der Waals surface area contributed by atoms with E-state index in [1.54, 1.807) is 0 Å². The Morgan fingerprint density at radius 2 is 1.89 bits per heavy atom. The lowest BCUT2D eigenvalue weighted by Crippen LogP contribution is -2.47. The first-order chi connectivity index (χ1) is 8.88. The van der Waals surface area contributed by atoms with E-state index in [0.29, 0.717) is 5.92 Å². The summed E-state index contributed by atoms with van der Waals surface area (Å²) in [6, 6.07) is 10.8. The summed E-state index contributed by atoms with van der Waals surface area (Å²) in [6.07, 6.45) is 1.04. The SMILES string of the molecule is CC(NC(=O)NC1CC1c1ccccc1)C(C)(C)C. The Hall–Kier alpha value is -1.51. The lowest BCUT2D eigenvalue weighted by Gasteiger charge is -2.28. The van der Waals surface area contributed by atoms with Gasteiger partial charge in [0.2, 0.25) is 0 Å².